The topological polar surface area (TPSA) is 83.2 Å². The predicted octanol–water partition coefficient (Wildman–Crippen LogP) is 13.9. The molecule has 0 atom stereocenters. The summed E-state index contributed by atoms with van der Waals surface area (Å²) in [6.07, 6.45) is 7.59. The third-order valence-corrected chi connectivity index (χ3v) is 11.0. The quantitative estimate of drug-likeness (QED) is 0.142. The number of rotatable bonds is 8. The van der Waals surface area contributed by atoms with E-state index in [9.17, 15) is 10.5 Å². The molecule has 0 fully saturated rings. The molecule has 6 nitrogen and oxygen atoms in total. The van der Waals surface area contributed by atoms with Gasteiger partial charge in [0, 0.05) is 72.7 Å². The SMILES string of the molecule is Cc1cc(-c2ccccc2)c(-n2ccnc2-c2[c-]ccc(C#N)c2)c(-c2ccccc2)c1.Cc1cc(-c2ccccc2)c(-n2ccnc2-c2cccc(C#N)c2)c(-c2ccccc2)c1.[Ir]. The van der Waals surface area contributed by atoms with Crippen molar-refractivity contribution in [2.24, 2.45) is 0 Å². The van der Waals surface area contributed by atoms with Crippen molar-refractivity contribution in [3.63, 3.8) is 0 Å². The van der Waals surface area contributed by atoms with Gasteiger partial charge < -0.3 is 4.57 Å². The molecule has 0 unspecified atom stereocenters. The summed E-state index contributed by atoms with van der Waals surface area (Å²) in [5.41, 5.74) is 16.5. The molecule has 10 rings (SSSR count). The van der Waals surface area contributed by atoms with Crippen LogP contribution in [0.3, 0.4) is 0 Å². The standard InChI is InChI=1S/C29H21N3.C29H20N3.Ir/c2*1-21-17-26(23-10-4-2-5-11-23)28(27(18-21)24-12-6-3-7-13-24)32-16-15-31-29(32)25-14-8-9-22(19-25)20-30;/h2-19H,1H3;2-13,15-19H,1H3;/q;-1;. The Hall–Kier alpha value is -8.19. The van der Waals surface area contributed by atoms with Gasteiger partial charge in [0.05, 0.1) is 34.9 Å². The Balaban J connectivity index is 0.000000175. The molecule has 2 aromatic heterocycles. The van der Waals surface area contributed by atoms with Gasteiger partial charge in [-0.05, 0) is 89.2 Å². The molecule has 313 valence electrons. The Morgan fingerprint density at radius 1 is 0.431 bits per heavy atom. The minimum atomic E-state index is 0. The van der Waals surface area contributed by atoms with Gasteiger partial charge in [-0.2, -0.15) is 10.5 Å². The Labute approximate surface area is 393 Å². The number of nitrogens with zero attached hydrogens (tertiary/aromatic N) is 6. The first-order chi connectivity index (χ1) is 31.5. The third kappa shape index (κ3) is 9.30. The second-order valence-corrected chi connectivity index (χ2v) is 15.4. The molecule has 1 radical (unpaired) electrons. The zero-order valence-electron chi connectivity index (χ0n) is 35.7. The maximum atomic E-state index is 9.38. The zero-order valence-corrected chi connectivity index (χ0v) is 38.1. The summed E-state index contributed by atoms with van der Waals surface area (Å²) < 4.78 is 4.25. The molecule has 0 bridgehead atoms. The second-order valence-electron chi connectivity index (χ2n) is 15.4. The maximum absolute atomic E-state index is 9.38. The van der Waals surface area contributed by atoms with Crippen LogP contribution in [-0.4, -0.2) is 19.1 Å². The van der Waals surface area contributed by atoms with Crippen molar-refractivity contribution >= 4 is 0 Å². The summed E-state index contributed by atoms with van der Waals surface area (Å²) in [6, 6.07) is 71.3. The van der Waals surface area contributed by atoms with E-state index in [1.165, 1.54) is 11.1 Å². The average Bonchev–Trinajstić information content (AvgIpc) is 4.06. The number of imidazole rings is 2. The minimum Gasteiger partial charge on any atom is -0.339 e. The van der Waals surface area contributed by atoms with Gasteiger partial charge in [-0.25, -0.2) is 4.98 Å². The van der Waals surface area contributed by atoms with Crippen molar-refractivity contribution in [2.45, 2.75) is 13.8 Å². The molecule has 0 saturated carbocycles. The van der Waals surface area contributed by atoms with Crippen LogP contribution in [0.25, 0.3) is 78.7 Å². The number of aromatic nitrogens is 4. The fraction of sp³-hybridized carbons (Fsp3) is 0.0345. The number of nitriles is 2. The van der Waals surface area contributed by atoms with E-state index < -0.39 is 0 Å². The van der Waals surface area contributed by atoms with Crippen LogP contribution < -0.4 is 0 Å². The van der Waals surface area contributed by atoms with Gasteiger partial charge in [0.1, 0.15) is 5.82 Å². The molecule has 7 heteroatoms. The van der Waals surface area contributed by atoms with E-state index in [0.29, 0.717) is 11.1 Å². The molecule has 0 saturated heterocycles. The van der Waals surface area contributed by atoms with Crippen LogP contribution in [0, 0.1) is 42.6 Å². The van der Waals surface area contributed by atoms with Gasteiger partial charge in [-0.15, -0.1) is 29.8 Å². The molecule has 8 aromatic carbocycles. The minimum absolute atomic E-state index is 0. The van der Waals surface area contributed by atoms with Crippen LogP contribution in [-0.2, 0) is 20.1 Å². The summed E-state index contributed by atoms with van der Waals surface area (Å²) in [4.78, 5) is 9.34. The van der Waals surface area contributed by atoms with Gasteiger partial charge in [-0.3, -0.25) is 9.55 Å². The third-order valence-electron chi connectivity index (χ3n) is 11.0. The first-order valence-corrected chi connectivity index (χ1v) is 21.0. The van der Waals surface area contributed by atoms with E-state index in [1.807, 2.05) is 73.2 Å². The number of benzene rings is 8. The van der Waals surface area contributed by atoms with E-state index in [1.54, 1.807) is 18.3 Å². The molecule has 65 heavy (non-hydrogen) atoms. The first kappa shape index (κ1) is 43.5. The van der Waals surface area contributed by atoms with Gasteiger partial charge in [0.15, 0.2) is 0 Å². The summed E-state index contributed by atoms with van der Waals surface area (Å²) in [7, 11) is 0. The van der Waals surface area contributed by atoms with E-state index in [2.05, 4.69) is 172 Å². The van der Waals surface area contributed by atoms with Crippen molar-refractivity contribution < 1.29 is 20.1 Å². The molecular weight excluding hydrogens is 973 g/mol. The molecular formula is C58H41IrN6-. The molecule has 0 aliphatic rings. The first-order valence-electron chi connectivity index (χ1n) is 21.0. The Bertz CT molecular complexity index is 2960. The Morgan fingerprint density at radius 3 is 1.25 bits per heavy atom. The molecule has 0 spiro atoms. The van der Waals surface area contributed by atoms with E-state index in [-0.39, 0.29) is 20.1 Å². The molecule has 0 N–H and O–H groups in total. The van der Waals surface area contributed by atoms with Gasteiger partial charge in [-0.1, -0.05) is 133 Å². The summed E-state index contributed by atoms with van der Waals surface area (Å²) >= 11 is 0. The van der Waals surface area contributed by atoms with Crippen LogP contribution >= 0.6 is 0 Å². The van der Waals surface area contributed by atoms with Crippen LogP contribution in [0.15, 0.2) is 213 Å². The summed E-state index contributed by atoms with van der Waals surface area (Å²) in [5, 5.41) is 18.8. The van der Waals surface area contributed by atoms with Crippen molar-refractivity contribution in [2.75, 3.05) is 0 Å². The fourth-order valence-corrected chi connectivity index (χ4v) is 8.20. The molecule has 0 amide bonds. The molecule has 0 aliphatic heterocycles. The number of hydrogen-bond acceptors (Lipinski definition) is 4. The number of hydrogen-bond donors (Lipinski definition) is 0. The van der Waals surface area contributed by atoms with Crippen molar-refractivity contribution in [1.29, 1.82) is 10.5 Å². The average molecular weight is 1010 g/mol. The molecule has 10 aromatic rings. The Morgan fingerprint density at radius 2 is 0.815 bits per heavy atom. The summed E-state index contributed by atoms with van der Waals surface area (Å²) in [6.45, 7) is 4.26. The predicted molar refractivity (Wildman–Crippen MR) is 257 cm³/mol. The van der Waals surface area contributed by atoms with Crippen molar-refractivity contribution in [3.8, 4) is 90.8 Å². The zero-order chi connectivity index (χ0) is 43.8. The molecule has 2 heterocycles. The van der Waals surface area contributed by atoms with Gasteiger partial charge >= 0.3 is 0 Å². The van der Waals surface area contributed by atoms with Crippen molar-refractivity contribution in [1.82, 2.24) is 19.1 Å². The maximum Gasteiger partial charge on any atom is 0.144 e. The van der Waals surface area contributed by atoms with Crippen LogP contribution in [0.4, 0.5) is 0 Å². The summed E-state index contributed by atoms with van der Waals surface area (Å²) in [5.74, 6) is 1.56. The van der Waals surface area contributed by atoms with E-state index >= 15 is 0 Å². The Kier molecular flexibility index (Phi) is 13.3. The smallest absolute Gasteiger partial charge is 0.144 e. The van der Waals surface area contributed by atoms with E-state index in [4.69, 9.17) is 0 Å². The largest absolute Gasteiger partial charge is 0.339 e. The normalized spacial score (nSPS) is 10.5. The van der Waals surface area contributed by atoms with Crippen molar-refractivity contribution in [3.05, 3.63) is 241 Å². The van der Waals surface area contributed by atoms with Gasteiger partial charge in [0.2, 0.25) is 0 Å². The molecule has 0 aliphatic carbocycles. The number of aryl methyl sites for hydroxylation is 2. The van der Waals surface area contributed by atoms with E-state index in [0.717, 1.165) is 78.7 Å². The fourth-order valence-electron chi connectivity index (χ4n) is 8.20. The monoisotopic (exact) mass is 1010 g/mol. The van der Waals surface area contributed by atoms with Crippen LogP contribution in [0.1, 0.15) is 22.3 Å². The van der Waals surface area contributed by atoms with Crippen LogP contribution in [0.2, 0.25) is 0 Å². The van der Waals surface area contributed by atoms with Crippen LogP contribution in [0.5, 0.6) is 0 Å². The second kappa shape index (κ2) is 19.9. The van der Waals surface area contributed by atoms with Gasteiger partial charge in [0.25, 0.3) is 0 Å².